The Hall–Kier alpha value is -3.31. The number of carbonyl (C=O) groups is 5. The van der Waals surface area contributed by atoms with Gasteiger partial charge >= 0.3 is 24.2 Å². The highest BCUT2D eigenvalue weighted by Gasteiger charge is 2.40. The fourth-order valence-corrected chi connectivity index (χ4v) is 6.65. The van der Waals surface area contributed by atoms with Crippen molar-refractivity contribution >= 4 is 41.1 Å². The number of likely N-dealkylation sites (tertiary alicyclic amines) is 1. The lowest BCUT2D eigenvalue weighted by atomic mass is 9.83. The van der Waals surface area contributed by atoms with Gasteiger partial charge < -0.3 is 20.3 Å². The van der Waals surface area contributed by atoms with Crippen LogP contribution in [0.4, 0.5) is 18.0 Å². The fraction of sp³-hybridized carbons (Fsp3) is 0.778. The van der Waals surface area contributed by atoms with Crippen LogP contribution in [0.25, 0.3) is 0 Å². The Kier molecular flexibility index (Phi) is 21.8. The topological polar surface area (TPSA) is 176 Å². The molecule has 3 N–H and O–H groups in total. The lowest BCUT2D eigenvalue weighted by molar-refractivity contribution is -0.215. The number of carbonyl (C=O) groups excluding carboxylic acids is 3. The van der Waals surface area contributed by atoms with Gasteiger partial charge in [0.1, 0.15) is 5.01 Å². The number of hydrogen-bond donors (Lipinski definition) is 3. The Morgan fingerprint density at radius 3 is 2.23 bits per heavy atom. The van der Waals surface area contributed by atoms with Crippen molar-refractivity contribution in [3.05, 3.63) is 16.1 Å². The summed E-state index contributed by atoms with van der Waals surface area (Å²) in [6.45, 7) is 13.7. The number of unbranched alkanes of at least 4 members (excludes halogenated alkanes) is 3. The number of alkyl carbamates (subject to hydrolysis) is 1. The number of thiazole rings is 1. The molecule has 0 aliphatic carbocycles. The number of Topliss-reactive ketones (excluding diaryl/α,β-unsaturated/α-hetero) is 1. The van der Waals surface area contributed by atoms with E-state index in [0.717, 1.165) is 75.7 Å². The fourth-order valence-electron chi connectivity index (χ4n) is 5.82. The summed E-state index contributed by atoms with van der Waals surface area (Å²) in [5.74, 6) is -4.84. The smallest absolute Gasteiger partial charge is 0.476 e. The maximum atomic E-state index is 14.6. The third kappa shape index (κ3) is 16.7. The molecule has 0 aromatic carbocycles. The molecule has 0 unspecified atom stereocenters. The number of hydroxylamine groups is 2. The van der Waals surface area contributed by atoms with Gasteiger partial charge in [0.15, 0.2) is 17.6 Å². The van der Waals surface area contributed by atoms with Gasteiger partial charge in [-0.25, -0.2) is 24.4 Å². The quantitative estimate of drug-likeness (QED) is 0.0832. The molecule has 5 atom stereocenters. The molecule has 1 aliphatic rings. The van der Waals surface area contributed by atoms with E-state index in [-0.39, 0.29) is 48.1 Å². The van der Waals surface area contributed by atoms with E-state index in [1.54, 1.807) is 0 Å². The third-order valence-electron chi connectivity index (χ3n) is 9.21. The van der Waals surface area contributed by atoms with Crippen LogP contribution in [0.3, 0.4) is 0 Å². The molecule has 1 aromatic heterocycles. The normalized spacial score (nSPS) is 17.2. The number of ether oxygens (including phenoxy) is 1. The van der Waals surface area contributed by atoms with Crippen LogP contribution < -0.4 is 5.32 Å². The van der Waals surface area contributed by atoms with E-state index in [2.05, 4.69) is 22.1 Å². The molecule has 0 radical (unpaired) electrons. The number of aromatic nitrogens is 1. The lowest BCUT2D eigenvalue weighted by Crippen LogP contribution is -2.50. The monoisotopic (exact) mass is 780 g/mol. The number of carboxylic acid groups (broad SMARTS) is 2. The van der Waals surface area contributed by atoms with E-state index < -0.39 is 42.3 Å². The van der Waals surface area contributed by atoms with Crippen LogP contribution in [-0.2, 0) is 24.0 Å². The van der Waals surface area contributed by atoms with Crippen LogP contribution in [0.1, 0.15) is 134 Å². The zero-order chi connectivity index (χ0) is 40.3. The predicted molar refractivity (Wildman–Crippen MR) is 193 cm³/mol. The molecule has 1 aliphatic heterocycles. The van der Waals surface area contributed by atoms with E-state index in [1.165, 1.54) is 10.4 Å². The highest BCUT2D eigenvalue weighted by Crippen LogP contribution is 2.34. The number of aromatic carboxylic acids is 1. The van der Waals surface area contributed by atoms with Crippen molar-refractivity contribution in [3.8, 4) is 0 Å². The molecule has 0 spiro atoms. The van der Waals surface area contributed by atoms with E-state index >= 15 is 0 Å². The molecule has 304 valence electrons. The molecule has 2 heterocycles. The SMILES string of the molecule is CCCCCCON(C(=O)[C@@H](CC(=O)[C@H]1CCCCN1C)[C@@H](C)CC)[C@H](C[C@@H](OC(=O)NCCC)c1nc(C(=O)O)cs1)C(C)C.O=C(O)C(F)(F)F. The summed E-state index contributed by atoms with van der Waals surface area (Å²) in [5.41, 5.74) is -0.133. The van der Waals surface area contributed by atoms with Gasteiger partial charge in [-0.2, -0.15) is 13.2 Å². The molecule has 0 bridgehead atoms. The number of nitrogens with zero attached hydrogens (tertiary/aromatic N) is 3. The van der Waals surface area contributed by atoms with Gasteiger partial charge in [0.2, 0.25) is 5.91 Å². The molecule has 0 saturated carbocycles. The molecular weight excluding hydrogens is 721 g/mol. The summed E-state index contributed by atoms with van der Waals surface area (Å²) < 4.78 is 37.6. The van der Waals surface area contributed by atoms with Crippen LogP contribution in [0, 0.1) is 17.8 Å². The van der Waals surface area contributed by atoms with E-state index in [1.807, 2.05) is 41.7 Å². The van der Waals surface area contributed by atoms with Crippen LogP contribution in [-0.4, -0.2) is 99.9 Å². The van der Waals surface area contributed by atoms with Crippen molar-refractivity contribution in [2.75, 3.05) is 26.7 Å². The maximum Gasteiger partial charge on any atom is 0.490 e. The Bertz CT molecular complexity index is 1300. The number of halogens is 3. The van der Waals surface area contributed by atoms with E-state index in [9.17, 15) is 37.5 Å². The molecule has 1 saturated heterocycles. The van der Waals surface area contributed by atoms with Gasteiger partial charge in [0.25, 0.3) is 0 Å². The van der Waals surface area contributed by atoms with Gasteiger partial charge in [0, 0.05) is 30.7 Å². The number of likely N-dealkylation sites (N-methyl/N-ethyl adjacent to an activating group) is 1. The van der Waals surface area contributed by atoms with Crippen molar-refractivity contribution in [1.82, 2.24) is 20.3 Å². The van der Waals surface area contributed by atoms with E-state index in [4.69, 9.17) is 19.5 Å². The van der Waals surface area contributed by atoms with E-state index in [0.29, 0.717) is 18.2 Å². The number of hydrogen-bond acceptors (Lipinski definition) is 10. The summed E-state index contributed by atoms with van der Waals surface area (Å²) >= 11 is 1.10. The van der Waals surface area contributed by atoms with Crippen LogP contribution >= 0.6 is 11.3 Å². The molecule has 1 fully saturated rings. The number of carboxylic acids is 2. The first-order chi connectivity index (χ1) is 24.9. The van der Waals surface area contributed by atoms with Crippen molar-refractivity contribution in [2.24, 2.45) is 17.8 Å². The number of ketones is 1. The summed E-state index contributed by atoms with van der Waals surface area (Å²) in [4.78, 5) is 74.3. The first-order valence-electron chi connectivity index (χ1n) is 18.5. The lowest BCUT2D eigenvalue weighted by Gasteiger charge is -2.38. The van der Waals surface area contributed by atoms with Gasteiger partial charge in [-0.3, -0.25) is 19.3 Å². The summed E-state index contributed by atoms with van der Waals surface area (Å²) in [6.07, 6.45) is 1.82. The first-order valence-corrected chi connectivity index (χ1v) is 19.4. The van der Waals surface area contributed by atoms with Gasteiger partial charge in [0.05, 0.1) is 18.7 Å². The third-order valence-corrected chi connectivity index (χ3v) is 10.1. The summed E-state index contributed by atoms with van der Waals surface area (Å²) in [6, 6.07) is -0.732. The van der Waals surface area contributed by atoms with Crippen LogP contribution in [0.2, 0.25) is 0 Å². The van der Waals surface area contributed by atoms with Gasteiger partial charge in [-0.05, 0) is 51.1 Å². The molecule has 13 nitrogen and oxygen atoms in total. The Morgan fingerprint density at radius 2 is 1.72 bits per heavy atom. The zero-order valence-electron chi connectivity index (χ0n) is 32.1. The van der Waals surface area contributed by atoms with Crippen molar-refractivity contribution in [2.45, 2.75) is 137 Å². The Balaban J connectivity index is 0.00000181. The number of amides is 2. The molecule has 2 amide bonds. The number of rotatable bonds is 21. The average molecular weight is 781 g/mol. The van der Waals surface area contributed by atoms with Crippen LogP contribution in [0.15, 0.2) is 5.38 Å². The molecule has 1 aromatic rings. The van der Waals surface area contributed by atoms with Gasteiger partial charge in [-0.1, -0.05) is 73.6 Å². The standard InChI is InChI=1S/C34H58N4O7S.C2HF3O2/c1-8-11-12-15-19-44-38(32(40)25(24(6)10-3)20-29(39)27-16-13-14-18-37(27)7)28(23(4)5)21-30(45-34(43)35-17-9-2)31-36-26(22-46-31)33(41)42;3-2(4,5)1(6)7/h22-25,27-28,30H,8-21H2,1-7H3,(H,35,43)(H,41,42);(H,6,7)/t24-,25-,27+,28+,30+;/m0./s1. The molecular formula is C36H59F3N4O9S. The number of aliphatic carboxylic acids is 1. The first kappa shape index (κ1) is 47.7. The second-order valence-corrected chi connectivity index (χ2v) is 14.6. The Morgan fingerprint density at radius 1 is 1.06 bits per heavy atom. The zero-order valence-corrected chi connectivity index (χ0v) is 32.9. The van der Waals surface area contributed by atoms with Crippen molar-refractivity contribution in [1.29, 1.82) is 0 Å². The highest BCUT2D eigenvalue weighted by atomic mass is 32.1. The minimum atomic E-state index is -5.08. The number of nitrogens with one attached hydrogen (secondary N) is 1. The molecule has 2 rings (SSSR count). The minimum Gasteiger partial charge on any atom is -0.476 e. The minimum absolute atomic E-state index is 0.0618. The van der Waals surface area contributed by atoms with Crippen molar-refractivity contribution < 1.29 is 56.9 Å². The molecule has 53 heavy (non-hydrogen) atoms. The molecule has 17 heteroatoms. The largest absolute Gasteiger partial charge is 0.490 e. The summed E-state index contributed by atoms with van der Waals surface area (Å²) in [5, 5.41) is 22.6. The van der Waals surface area contributed by atoms with Crippen molar-refractivity contribution in [3.63, 3.8) is 0 Å². The number of alkyl halides is 3. The van der Waals surface area contributed by atoms with Gasteiger partial charge in [-0.15, -0.1) is 11.3 Å². The predicted octanol–water partition coefficient (Wildman–Crippen LogP) is 7.51. The second kappa shape index (κ2) is 24.2. The highest BCUT2D eigenvalue weighted by molar-refractivity contribution is 7.09. The van der Waals surface area contributed by atoms with Crippen LogP contribution in [0.5, 0.6) is 0 Å². The summed E-state index contributed by atoms with van der Waals surface area (Å²) in [7, 11) is 1.98. The average Bonchev–Trinajstić information content (AvgIpc) is 3.60. The Labute approximate surface area is 314 Å². The second-order valence-electron chi connectivity index (χ2n) is 13.8. The maximum absolute atomic E-state index is 14.6. The number of piperidine rings is 1.